The van der Waals surface area contributed by atoms with E-state index in [2.05, 4.69) is 21.2 Å². The summed E-state index contributed by atoms with van der Waals surface area (Å²) in [4.78, 5) is 25.8. The number of hydrogen-bond donors (Lipinski definition) is 1. The van der Waals surface area contributed by atoms with Gasteiger partial charge in [-0.1, -0.05) is 36.4 Å². The molecule has 0 atom stereocenters. The molecule has 0 unspecified atom stereocenters. The molecule has 0 bridgehead atoms. The quantitative estimate of drug-likeness (QED) is 0.685. The SMILES string of the molecule is CC(=O)N(CCC(=O)NC1CC(c2ccc(F)c(Br)c2)C1)Cc1ccccc1. The van der Waals surface area contributed by atoms with Gasteiger partial charge in [0.05, 0.1) is 4.47 Å². The monoisotopic (exact) mass is 446 g/mol. The van der Waals surface area contributed by atoms with Crippen molar-refractivity contribution in [1.82, 2.24) is 10.2 Å². The van der Waals surface area contributed by atoms with E-state index in [0.717, 1.165) is 24.0 Å². The zero-order valence-electron chi connectivity index (χ0n) is 15.8. The molecule has 148 valence electrons. The maximum absolute atomic E-state index is 13.3. The standard InChI is InChI=1S/C22H24BrFN2O2/c1-15(27)26(14-16-5-3-2-4-6-16)10-9-22(28)25-19-11-18(12-19)17-7-8-21(24)20(23)13-17/h2-8,13,18-19H,9-12,14H2,1H3,(H,25,28). The van der Waals surface area contributed by atoms with E-state index in [9.17, 15) is 14.0 Å². The molecule has 2 aromatic rings. The molecule has 1 saturated carbocycles. The van der Waals surface area contributed by atoms with Crippen molar-refractivity contribution < 1.29 is 14.0 Å². The highest BCUT2D eigenvalue weighted by atomic mass is 79.9. The number of rotatable bonds is 7. The van der Waals surface area contributed by atoms with E-state index in [0.29, 0.717) is 23.5 Å². The molecule has 2 aromatic carbocycles. The number of hydrogen-bond acceptors (Lipinski definition) is 2. The fourth-order valence-corrected chi connectivity index (χ4v) is 3.86. The minimum atomic E-state index is -0.265. The Labute approximate surface area is 173 Å². The summed E-state index contributed by atoms with van der Waals surface area (Å²) in [7, 11) is 0. The summed E-state index contributed by atoms with van der Waals surface area (Å²) in [6.45, 7) is 2.43. The number of carbonyl (C=O) groups excluding carboxylic acids is 2. The van der Waals surface area contributed by atoms with Crippen molar-refractivity contribution in [2.75, 3.05) is 6.54 Å². The molecule has 0 radical (unpaired) electrons. The first-order valence-corrected chi connectivity index (χ1v) is 10.3. The third-order valence-electron chi connectivity index (χ3n) is 5.19. The van der Waals surface area contributed by atoms with Crippen molar-refractivity contribution in [1.29, 1.82) is 0 Å². The Hall–Kier alpha value is -2.21. The lowest BCUT2D eigenvalue weighted by molar-refractivity contribution is -0.130. The highest BCUT2D eigenvalue weighted by molar-refractivity contribution is 9.10. The normalized spacial score (nSPS) is 18.2. The average Bonchev–Trinajstić information content (AvgIpc) is 2.64. The van der Waals surface area contributed by atoms with E-state index in [4.69, 9.17) is 0 Å². The smallest absolute Gasteiger partial charge is 0.221 e. The van der Waals surface area contributed by atoms with E-state index in [-0.39, 0.29) is 30.1 Å². The number of carbonyl (C=O) groups is 2. The molecule has 1 aliphatic carbocycles. The average molecular weight is 447 g/mol. The number of benzene rings is 2. The first kappa shape index (κ1) is 20.5. The van der Waals surface area contributed by atoms with Crippen molar-refractivity contribution in [2.45, 2.75) is 44.7 Å². The summed E-state index contributed by atoms with van der Waals surface area (Å²) >= 11 is 3.22. The molecule has 0 saturated heterocycles. The van der Waals surface area contributed by atoms with Crippen LogP contribution in [-0.4, -0.2) is 29.3 Å². The minimum Gasteiger partial charge on any atom is -0.353 e. The molecule has 6 heteroatoms. The van der Waals surface area contributed by atoms with Gasteiger partial charge in [-0.3, -0.25) is 9.59 Å². The zero-order valence-corrected chi connectivity index (χ0v) is 17.4. The van der Waals surface area contributed by atoms with E-state index in [1.807, 2.05) is 36.4 Å². The van der Waals surface area contributed by atoms with Crippen molar-refractivity contribution in [3.05, 3.63) is 69.9 Å². The molecule has 0 aliphatic heterocycles. The van der Waals surface area contributed by atoms with Gasteiger partial charge in [0, 0.05) is 32.5 Å². The molecule has 4 nitrogen and oxygen atoms in total. The van der Waals surface area contributed by atoms with Gasteiger partial charge in [-0.25, -0.2) is 4.39 Å². The van der Waals surface area contributed by atoms with Gasteiger partial charge in [-0.15, -0.1) is 0 Å². The van der Waals surface area contributed by atoms with Gasteiger partial charge in [-0.05, 0) is 57.9 Å². The summed E-state index contributed by atoms with van der Waals surface area (Å²) in [6.07, 6.45) is 1.99. The van der Waals surface area contributed by atoms with Crippen molar-refractivity contribution >= 4 is 27.7 Å². The molecule has 28 heavy (non-hydrogen) atoms. The lowest BCUT2D eigenvalue weighted by atomic mass is 9.76. The fraction of sp³-hybridized carbons (Fsp3) is 0.364. The van der Waals surface area contributed by atoms with Crippen LogP contribution in [0.5, 0.6) is 0 Å². The lowest BCUT2D eigenvalue weighted by Crippen LogP contribution is -2.44. The second kappa shape index (κ2) is 9.32. The second-order valence-electron chi connectivity index (χ2n) is 7.28. The summed E-state index contributed by atoms with van der Waals surface area (Å²) in [5.41, 5.74) is 2.13. The van der Waals surface area contributed by atoms with Crippen molar-refractivity contribution in [3.8, 4) is 0 Å². The van der Waals surface area contributed by atoms with Gasteiger partial charge >= 0.3 is 0 Å². The predicted molar refractivity (Wildman–Crippen MR) is 110 cm³/mol. The highest BCUT2D eigenvalue weighted by Gasteiger charge is 2.31. The van der Waals surface area contributed by atoms with Gasteiger partial charge in [0.15, 0.2) is 0 Å². The highest BCUT2D eigenvalue weighted by Crippen LogP contribution is 2.38. The summed E-state index contributed by atoms with van der Waals surface area (Å²) in [5, 5.41) is 3.04. The zero-order chi connectivity index (χ0) is 20.1. The molecule has 0 spiro atoms. The topological polar surface area (TPSA) is 49.4 Å². The number of nitrogens with one attached hydrogen (secondary N) is 1. The predicted octanol–water partition coefficient (Wildman–Crippen LogP) is 4.39. The van der Waals surface area contributed by atoms with Crippen LogP contribution in [0.4, 0.5) is 4.39 Å². The van der Waals surface area contributed by atoms with Crippen LogP contribution in [0.3, 0.4) is 0 Å². The molecule has 1 fully saturated rings. The Morgan fingerprint density at radius 1 is 1.18 bits per heavy atom. The number of nitrogens with zero attached hydrogens (tertiary/aromatic N) is 1. The van der Waals surface area contributed by atoms with E-state index >= 15 is 0 Å². The Morgan fingerprint density at radius 3 is 2.54 bits per heavy atom. The molecular weight excluding hydrogens is 423 g/mol. The van der Waals surface area contributed by atoms with Crippen LogP contribution >= 0.6 is 15.9 Å². The summed E-state index contributed by atoms with van der Waals surface area (Å²) in [5.74, 6) is -0.00208. The van der Waals surface area contributed by atoms with Gasteiger partial charge in [0.1, 0.15) is 5.82 Å². The molecule has 2 amide bonds. The van der Waals surface area contributed by atoms with Crippen LogP contribution in [0.15, 0.2) is 53.0 Å². The van der Waals surface area contributed by atoms with Crippen molar-refractivity contribution in [2.24, 2.45) is 0 Å². The molecule has 0 heterocycles. The van der Waals surface area contributed by atoms with Crippen LogP contribution < -0.4 is 5.32 Å². The Bertz CT molecular complexity index is 838. The van der Waals surface area contributed by atoms with Gasteiger partial charge in [0.2, 0.25) is 11.8 Å². The third-order valence-corrected chi connectivity index (χ3v) is 5.80. The molecule has 0 aromatic heterocycles. The second-order valence-corrected chi connectivity index (χ2v) is 8.14. The third kappa shape index (κ3) is 5.41. The van der Waals surface area contributed by atoms with Gasteiger partial charge in [0.25, 0.3) is 0 Å². The number of amides is 2. The van der Waals surface area contributed by atoms with E-state index in [1.165, 1.54) is 13.0 Å². The maximum Gasteiger partial charge on any atom is 0.221 e. The van der Waals surface area contributed by atoms with Gasteiger partial charge < -0.3 is 10.2 Å². The molecular formula is C22H24BrFN2O2. The fourth-order valence-electron chi connectivity index (χ4n) is 3.46. The summed E-state index contributed by atoms with van der Waals surface area (Å²) < 4.78 is 13.8. The maximum atomic E-state index is 13.3. The van der Waals surface area contributed by atoms with Crippen LogP contribution in [0.1, 0.15) is 43.2 Å². The van der Waals surface area contributed by atoms with Crippen molar-refractivity contribution in [3.63, 3.8) is 0 Å². The Kier molecular flexibility index (Phi) is 6.83. The van der Waals surface area contributed by atoms with E-state index < -0.39 is 0 Å². The first-order chi connectivity index (χ1) is 13.4. The molecule has 1 aliphatic rings. The lowest BCUT2D eigenvalue weighted by Gasteiger charge is -2.36. The number of halogens is 2. The molecule has 1 N–H and O–H groups in total. The van der Waals surface area contributed by atoms with Crippen LogP contribution in [0, 0.1) is 5.82 Å². The van der Waals surface area contributed by atoms with E-state index in [1.54, 1.807) is 11.0 Å². The Balaban J connectivity index is 1.43. The van der Waals surface area contributed by atoms with Gasteiger partial charge in [-0.2, -0.15) is 0 Å². The first-order valence-electron chi connectivity index (χ1n) is 9.46. The Morgan fingerprint density at radius 2 is 1.89 bits per heavy atom. The minimum absolute atomic E-state index is 0.0388. The largest absolute Gasteiger partial charge is 0.353 e. The van der Waals surface area contributed by atoms with Crippen LogP contribution in [-0.2, 0) is 16.1 Å². The van der Waals surface area contributed by atoms with Crippen LogP contribution in [0.25, 0.3) is 0 Å². The summed E-state index contributed by atoms with van der Waals surface area (Å²) in [6, 6.07) is 15.0. The molecule has 3 rings (SSSR count). The van der Waals surface area contributed by atoms with Crippen LogP contribution in [0.2, 0.25) is 0 Å².